The van der Waals surface area contributed by atoms with Crippen molar-refractivity contribution in [3.05, 3.63) is 12.2 Å². The molecule has 0 aromatic heterocycles. The van der Waals surface area contributed by atoms with Gasteiger partial charge in [-0.25, -0.2) is 0 Å². The predicted octanol–water partition coefficient (Wildman–Crippen LogP) is 1.17. The summed E-state index contributed by atoms with van der Waals surface area (Å²) in [5.74, 6) is 0.448. The van der Waals surface area contributed by atoms with Gasteiger partial charge in [-0.3, -0.25) is 4.79 Å². The lowest BCUT2D eigenvalue weighted by Gasteiger charge is -2.27. The second kappa shape index (κ2) is 5.31. The highest BCUT2D eigenvalue weighted by Gasteiger charge is 2.36. The molecule has 1 rings (SSSR count). The summed E-state index contributed by atoms with van der Waals surface area (Å²) in [5.41, 5.74) is 0. The van der Waals surface area contributed by atoms with E-state index in [-0.39, 0.29) is 11.8 Å². The number of carbonyl (C=O) groups is 1. The Kier molecular flexibility index (Phi) is 4.33. The van der Waals surface area contributed by atoms with Crippen LogP contribution >= 0.6 is 0 Å². The maximum atomic E-state index is 11.8. The van der Waals surface area contributed by atoms with Gasteiger partial charge in [-0.1, -0.05) is 12.2 Å². The molecule has 1 heterocycles. The third-order valence-corrected chi connectivity index (χ3v) is 3.44. The van der Waals surface area contributed by atoms with Crippen LogP contribution < -0.4 is 5.32 Å². The van der Waals surface area contributed by atoms with Crippen LogP contribution in [0.25, 0.3) is 0 Å². The Morgan fingerprint density at radius 3 is 2.87 bits per heavy atom. The van der Waals surface area contributed by atoms with Crippen LogP contribution in [0.4, 0.5) is 0 Å². The van der Waals surface area contributed by atoms with E-state index < -0.39 is 0 Å². The average molecular weight is 211 g/mol. The van der Waals surface area contributed by atoms with Crippen LogP contribution in [0.1, 0.15) is 20.3 Å². The van der Waals surface area contributed by atoms with Crippen molar-refractivity contribution in [2.45, 2.75) is 20.3 Å². The molecule has 15 heavy (non-hydrogen) atoms. The summed E-state index contributed by atoms with van der Waals surface area (Å²) in [6.45, 7) is 8.09. The second-order valence-electron chi connectivity index (χ2n) is 4.64. The number of hydrogen-bond donors (Lipinski definition) is 1. The first-order valence-corrected chi connectivity index (χ1v) is 5.83. The van der Waals surface area contributed by atoms with Gasteiger partial charge in [-0.05, 0) is 13.8 Å². The van der Waals surface area contributed by atoms with E-state index in [1.54, 1.807) is 0 Å². The Morgan fingerprint density at radius 2 is 2.33 bits per heavy atom. The van der Waals surface area contributed by atoms with Crippen molar-refractivity contribution in [1.82, 2.24) is 5.32 Å². The minimum Gasteiger partial charge on any atom is -0.352 e. The van der Waals surface area contributed by atoms with Gasteiger partial charge in [0.1, 0.15) is 0 Å². The van der Waals surface area contributed by atoms with Gasteiger partial charge in [0.15, 0.2) is 0 Å². The van der Waals surface area contributed by atoms with Crippen LogP contribution in [0, 0.1) is 5.92 Å². The summed E-state index contributed by atoms with van der Waals surface area (Å²) < 4.78 is 1.04. The van der Waals surface area contributed by atoms with Gasteiger partial charge in [-0.2, -0.15) is 0 Å². The standard InChI is InChI=1S/C12H22N2O/c1-4-6-8-13-12(15)11-7-9-14(3,5-2)10-11/h4,6,11H,5,7-10H2,1-3H3/p+1/b6-4+. The Hall–Kier alpha value is -0.830. The smallest absolute Gasteiger partial charge is 0.229 e. The van der Waals surface area contributed by atoms with E-state index in [1.807, 2.05) is 19.1 Å². The topological polar surface area (TPSA) is 29.1 Å². The Labute approximate surface area is 92.7 Å². The number of nitrogens with zero attached hydrogens (tertiary/aromatic N) is 1. The van der Waals surface area contributed by atoms with Crippen LogP contribution in [-0.2, 0) is 4.79 Å². The number of hydrogen-bond acceptors (Lipinski definition) is 1. The Morgan fingerprint density at radius 1 is 1.60 bits per heavy atom. The first-order chi connectivity index (χ1) is 7.11. The molecule has 3 nitrogen and oxygen atoms in total. The van der Waals surface area contributed by atoms with Crippen molar-refractivity contribution in [1.29, 1.82) is 0 Å². The van der Waals surface area contributed by atoms with Crippen LogP contribution in [-0.4, -0.2) is 43.6 Å². The van der Waals surface area contributed by atoms with Gasteiger partial charge < -0.3 is 9.80 Å². The molecule has 1 saturated heterocycles. The largest absolute Gasteiger partial charge is 0.352 e. The zero-order valence-corrected chi connectivity index (χ0v) is 10.1. The van der Waals surface area contributed by atoms with Crippen molar-refractivity contribution < 1.29 is 9.28 Å². The number of rotatable bonds is 4. The van der Waals surface area contributed by atoms with E-state index >= 15 is 0 Å². The Bertz CT molecular complexity index is 250. The summed E-state index contributed by atoms with van der Waals surface area (Å²) in [6, 6.07) is 0. The van der Waals surface area contributed by atoms with Gasteiger partial charge in [0.25, 0.3) is 0 Å². The summed E-state index contributed by atoms with van der Waals surface area (Å²) >= 11 is 0. The van der Waals surface area contributed by atoms with Gasteiger partial charge in [-0.15, -0.1) is 0 Å². The SMILES string of the molecule is C/C=C/CNC(=O)C1CC[N+](C)(CC)C1. The fourth-order valence-electron chi connectivity index (χ4n) is 2.11. The number of nitrogens with one attached hydrogen (secondary N) is 1. The molecule has 0 bridgehead atoms. The molecule has 1 aliphatic rings. The second-order valence-corrected chi connectivity index (χ2v) is 4.64. The van der Waals surface area contributed by atoms with Gasteiger partial charge >= 0.3 is 0 Å². The number of allylic oxidation sites excluding steroid dienone is 1. The number of carbonyl (C=O) groups excluding carboxylic acids is 1. The molecule has 86 valence electrons. The van der Waals surface area contributed by atoms with Crippen LogP contribution in [0.3, 0.4) is 0 Å². The minimum absolute atomic E-state index is 0.222. The molecule has 0 aromatic carbocycles. The summed E-state index contributed by atoms with van der Waals surface area (Å²) in [6.07, 6.45) is 4.97. The maximum absolute atomic E-state index is 11.8. The van der Waals surface area contributed by atoms with Crippen LogP contribution in [0.15, 0.2) is 12.2 Å². The summed E-state index contributed by atoms with van der Waals surface area (Å²) in [5, 5.41) is 2.95. The average Bonchev–Trinajstić information content (AvgIpc) is 2.62. The van der Waals surface area contributed by atoms with Crippen molar-refractivity contribution >= 4 is 5.91 Å². The highest BCUT2D eigenvalue weighted by Crippen LogP contribution is 2.22. The molecule has 1 N–H and O–H groups in total. The van der Waals surface area contributed by atoms with E-state index in [9.17, 15) is 4.79 Å². The van der Waals surface area contributed by atoms with Gasteiger partial charge in [0.2, 0.25) is 5.91 Å². The van der Waals surface area contributed by atoms with E-state index in [2.05, 4.69) is 19.3 Å². The number of quaternary nitrogens is 1. The van der Waals surface area contributed by atoms with Gasteiger partial charge in [0.05, 0.1) is 32.6 Å². The molecule has 1 amide bonds. The molecule has 1 fully saturated rings. The molecule has 0 saturated carbocycles. The van der Waals surface area contributed by atoms with Gasteiger partial charge in [0, 0.05) is 13.0 Å². The Balaban J connectivity index is 2.36. The number of likely N-dealkylation sites (tertiary alicyclic amines) is 1. The molecule has 3 heteroatoms. The molecule has 1 aliphatic heterocycles. The van der Waals surface area contributed by atoms with Crippen LogP contribution in [0.5, 0.6) is 0 Å². The number of amides is 1. The van der Waals surface area contributed by atoms with Crippen molar-refractivity contribution in [2.24, 2.45) is 5.92 Å². The first kappa shape index (κ1) is 12.2. The monoisotopic (exact) mass is 211 g/mol. The normalized spacial score (nSPS) is 31.0. The molecular weight excluding hydrogens is 188 g/mol. The molecule has 0 spiro atoms. The lowest BCUT2D eigenvalue weighted by Crippen LogP contribution is -2.43. The zero-order valence-electron chi connectivity index (χ0n) is 10.1. The van der Waals surface area contributed by atoms with Crippen LogP contribution in [0.2, 0.25) is 0 Å². The summed E-state index contributed by atoms with van der Waals surface area (Å²) in [7, 11) is 2.24. The fourth-order valence-corrected chi connectivity index (χ4v) is 2.11. The summed E-state index contributed by atoms with van der Waals surface area (Å²) in [4.78, 5) is 11.8. The predicted molar refractivity (Wildman–Crippen MR) is 62.4 cm³/mol. The molecule has 2 atom stereocenters. The zero-order chi connectivity index (χ0) is 11.3. The lowest BCUT2D eigenvalue weighted by molar-refractivity contribution is -0.896. The maximum Gasteiger partial charge on any atom is 0.229 e. The highest BCUT2D eigenvalue weighted by molar-refractivity contribution is 5.79. The quantitative estimate of drug-likeness (QED) is 0.549. The molecule has 0 aliphatic carbocycles. The third-order valence-electron chi connectivity index (χ3n) is 3.44. The molecule has 2 unspecified atom stereocenters. The fraction of sp³-hybridized carbons (Fsp3) is 0.750. The molecule has 0 radical (unpaired) electrons. The first-order valence-electron chi connectivity index (χ1n) is 5.83. The van der Waals surface area contributed by atoms with E-state index in [1.165, 1.54) is 0 Å². The highest BCUT2D eigenvalue weighted by atomic mass is 16.1. The minimum atomic E-state index is 0.222. The van der Waals surface area contributed by atoms with Crippen molar-refractivity contribution in [2.75, 3.05) is 33.2 Å². The van der Waals surface area contributed by atoms with E-state index in [4.69, 9.17) is 0 Å². The lowest BCUT2D eigenvalue weighted by atomic mass is 10.1. The van der Waals surface area contributed by atoms with Crippen molar-refractivity contribution in [3.63, 3.8) is 0 Å². The van der Waals surface area contributed by atoms with E-state index in [0.29, 0.717) is 6.54 Å². The van der Waals surface area contributed by atoms with E-state index in [0.717, 1.165) is 30.5 Å². The molecular formula is C12H23N2O+. The molecule has 0 aromatic rings. The third kappa shape index (κ3) is 3.34. The van der Waals surface area contributed by atoms with Crippen molar-refractivity contribution in [3.8, 4) is 0 Å².